The number of carbonyl (C=O) groups excluding carboxylic acids is 3. The lowest BCUT2D eigenvalue weighted by atomic mass is 10.1. The van der Waals surface area contributed by atoms with Crippen molar-refractivity contribution >= 4 is 25.7 Å². The molecule has 0 bridgehead atoms. The van der Waals surface area contributed by atoms with Crippen LogP contribution in [0, 0.1) is 0 Å². The molecule has 11 nitrogen and oxygen atoms in total. The second-order valence-electron chi connectivity index (χ2n) is 17.0. The first kappa shape index (κ1) is 62.9. The molecule has 66 heavy (non-hydrogen) atoms. The van der Waals surface area contributed by atoms with E-state index in [1.165, 1.54) is 70.6 Å². The van der Waals surface area contributed by atoms with Crippen LogP contribution in [-0.2, 0) is 42.2 Å². The van der Waals surface area contributed by atoms with Gasteiger partial charge >= 0.3 is 25.7 Å². The molecular formula is C54H93O11P. The molecule has 0 aliphatic heterocycles. The number of esters is 3. The maximum absolute atomic E-state index is 12.8. The molecule has 0 heterocycles. The average Bonchev–Trinajstić information content (AvgIpc) is 3.30. The van der Waals surface area contributed by atoms with Crippen LogP contribution in [0.3, 0.4) is 0 Å². The number of phosphoric acid groups is 1. The fraction of sp³-hybridized carbons (Fsp3) is 0.722. The predicted octanol–water partition coefficient (Wildman–Crippen LogP) is 14.6. The minimum absolute atomic E-state index is 0.0667. The maximum atomic E-state index is 12.8. The predicted molar refractivity (Wildman–Crippen MR) is 270 cm³/mol. The van der Waals surface area contributed by atoms with Gasteiger partial charge in [-0.2, -0.15) is 0 Å². The van der Waals surface area contributed by atoms with E-state index in [4.69, 9.17) is 23.3 Å². The number of aliphatic hydroxyl groups excluding tert-OH is 1. The van der Waals surface area contributed by atoms with Crippen LogP contribution in [0.15, 0.2) is 72.9 Å². The molecule has 3 atom stereocenters. The van der Waals surface area contributed by atoms with E-state index in [9.17, 15) is 28.9 Å². The minimum Gasteiger partial charge on any atom is -0.462 e. The van der Waals surface area contributed by atoms with E-state index in [0.29, 0.717) is 19.3 Å². The molecule has 0 rings (SSSR count). The smallest absolute Gasteiger partial charge is 0.462 e. The van der Waals surface area contributed by atoms with Crippen molar-refractivity contribution in [3.63, 3.8) is 0 Å². The van der Waals surface area contributed by atoms with E-state index in [0.717, 1.165) is 83.5 Å². The third-order valence-electron chi connectivity index (χ3n) is 10.6. The molecule has 12 heteroatoms. The second kappa shape index (κ2) is 48.4. The summed E-state index contributed by atoms with van der Waals surface area (Å²) in [6.07, 6.45) is 52.0. The normalized spacial score (nSPS) is 14.1. The van der Waals surface area contributed by atoms with Crippen molar-refractivity contribution in [1.29, 1.82) is 0 Å². The van der Waals surface area contributed by atoms with Crippen LogP contribution in [0.2, 0.25) is 0 Å². The van der Waals surface area contributed by atoms with Gasteiger partial charge in [0.1, 0.15) is 12.7 Å². The van der Waals surface area contributed by atoms with Crippen LogP contribution < -0.4 is 0 Å². The molecular weight excluding hydrogens is 856 g/mol. The Balaban J connectivity index is 4.88. The Morgan fingerprint density at radius 3 is 1.32 bits per heavy atom. The Morgan fingerprint density at radius 1 is 0.455 bits per heavy atom. The number of ether oxygens (including phenoxy) is 3. The summed E-state index contributed by atoms with van der Waals surface area (Å²) >= 11 is 0. The quantitative estimate of drug-likeness (QED) is 0.0197. The summed E-state index contributed by atoms with van der Waals surface area (Å²) < 4.78 is 39.1. The van der Waals surface area contributed by atoms with E-state index >= 15 is 0 Å². The van der Waals surface area contributed by atoms with E-state index in [1.54, 1.807) is 6.08 Å². The van der Waals surface area contributed by atoms with Crippen LogP contribution in [0.5, 0.6) is 0 Å². The van der Waals surface area contributed by atoms with Gasteiger partial charge in [-0.25, -0.2) is 4.57 Å². The maximum Gasteiger partial charge on any atom is 0.472 e. The Morgan fingerprint density at radius 2 is 0.848 bits per heavy atom. The molecule has 0 aromatic rings. The fourth-order valence-electron chi connectivity index (χ4n) is 6.72. The van der Waals surface area contributed by atoms with Crippen molar-refractivity contribution < 1.29 is 52.2 Å². The summed E-state index contributed by atoms with van der Waals surface area (Å²) in [5.74, 6) is -1.63. The van der Waals surface area contributed by atoms with Crippen molar-refractivity contribution in [3.05, 3.63) is 72.9 Å². The number of rotatable bonds is 47. The van der Waals surface area contributed by atoms with Gasteiger partial charge in [0.25, 0.3) is 0 Å². The summed E-state index contributed by atoms with van der Waals surface area (Å²) in [7, 11) is -4.76. The largest absolute Gasteiger partial charge is 0.472 e. The van der Waals surface area contributed by atoms with Crippen LogP contribution >= 0.6 is 7.82 Å². The third kappa shape index (κ3) is 46.0. The Labute approximate surface area is 401 Å². The average molecular weight is 949 g/mol. The van der Waals surface area contributed by atoms with Crippen LogP contribution in [0.25, 0.3) is 0 Å². The first-order chi connectivity index (χ1) is 32.2. The van der Waals surface area contributed by atoms with Crippen molar-refractivity contribution in [2.75, 3.05) is 26.4 Å². The number of carbonyl (C=O) groups is 3. The molecule has 0 amide bonds. The molecule has 380 valence electrons. The standard InChI is InChI=1S/C54H93O11P/c1-4-7-10-13-16-19-21-23-25-27-29-32-34-37-40-43-52(56)61-47-51(65-54(58)45-42-39-36-33-30-28-26-24-22-20-17-14-11-8-5-2)49-63-66(59,60)62-48-50(46-55)64-53(57)44-41-38-35-31-18-15-12-9-6-3/h8,11,17,20,23-26,30,33,39,42,50-51,55H,4-7,9-10,12-16,18-19,21-22,27-29,31-32,34-38,40-41,43-49H2,1-3H3,(H,59,60)/b11-8-,20-17-,25-23-,26-24-,33-30-,42-39-. The van der Waals surface area contributed by atoms with Crippen molar-refractivity contribution in [3.8, 4) is 0 Å². The number of hydrogen-bond donors (Lipinski definition) is 2. The number of phosphoric ester groups is 1. The molecule has 0 radical (unpaired) electrons. The number of aliphatic hydroxyl groups is 1. The highest BCUT2D eigenvalue weighted by molar-refractivity contribution is 7.47. The van der Waals surface area contributed by atoms with Gasteiger partial charge in [-0.1, -0.05) is 196 Å². The lowest BCUT2D eigenvalue weighted by Gasteiger charge is -2.21. The zero-order chi connectivity index (χ0) is 48.4. The zero-order valence-corrected chi connectivity index (χ0v) is 42.5. The Kier molecular flexibility index (Phi) is 46.1. The van der Waals surface area contributed by atoms with E-state index < -0.39 is 57.8 Å². The summed E-state index contributed by atoms with van der Waals surface area (Å²) in [5, 5.41) is 9.74. The highest BCUT2D eigenvalue weighted by atomic mass is 31.2. The number of hydrogen-bond acceptors (Lipinski definition) is 10. The molecule has 0 saturated carbocycles. The van der Waals surface area contributed by atoms with Gasteiger partial charge in [-0.05, 0) is 70.6 Å². The monoisotopic (exact) mass is 949 g/mol. The van der Waals surface area contributed by atoms with Gasteiger partial charge in [0.2, 0.25) is 0 Å². The first-order valence-electron chi connectivity index (χ1n) is 25.8. The van der Waals surface area contributed by atoms with Crippen LogP contribution in [0.1, 0.15) is 213 Å². The third-order valence-corrected chi connectivity index (χ3v) is 11.6. The number of allylic oxidation sites excluding steroid dienone is 11. The van der Waals surface area contributed by atoms with Gasteiger partial charge in [0, 0.05) is 12.8 Å². The van der Waals surface area contributed by atoms with Gasteiger partial charge < -0.3 is 24.2 Å². The first-order valence-corrected chi connectivity index (χ1v) is 27.3. The van der Waals surface area contributed by atoms with E-state index in [2.05, 4.69) is 69.4 Å². The summed E-state index contributed by atoms with van der Waals surface area (Å²) in [6.45, 7) is 4.36. The van der Waals surface area contributed by atoms with Crippen molar-refractivity contribution in [2.24, 2.45) is 0 Å². The van der Waals surface area contributed by atoms with E-state index in [-0.39, 0.29) is 25.9 Å². The zero-order valence-electron chi connectivity index (χ0n) is 41.6. The van der Waals surface area contributed by atoms with Gasteiger partial charge in [-0.3, -0.25) is 23.4 Å². The number of unbranched alkanes of at least 4 members (excludes halogenated alkanes) is 19. The summed E-state index contributed by atoms with van der Waals surface area (Å²) in [4.78, 5) is 48.2. The molecule has 3 unspecified atom stereocenters. The Bertz CT molecular complexity index is 1390. The SMILES string of the molecule is CC/C=C\C/C=C\C/C=C\C/C=C\C/C=C\CC(=O)OC(COC(=O)CCCCCCC/C=C\CCCCCCCC)COP(=O)(O)OCC(CO)OC(=O)CCCCCCCCCCC. The summed E-state index contributed by atoms with van der Waals surface area (Å²) in [6, 6.07) is 0. The summed E-state index contributed by atoms with van der Waals surface area (Å²) in [5.41, 5.74) is 0. The minimum atomic E-state index is -4.76. The molecule has 2 N–H and O–H groups in total. The molecule has 0 aromatic carbocycles. The molecule has 0 saturated heterocycles. The van der Waals surface area contributed by atoms with Gasteiger partial charge in [0.15, 0.2) is 6.10 Å². The highest BCUT2D eigenvalue weighted by Crippen LogP contribution is 2.43. The second-order valence-corrected chi connectivity index (χ2v) is 18.4. The molecule has 0 spiro atoms. The molecule has 0 fully saturated rings. The van der Waals surface area contributed by atoms with Crippen LogP contribution in [0.4, 0.5) is 0 Å². The Hall–Kier alpha value is -3.08. The molecule has 0 aliphatic rings. The molecule has 0 aliphatic carbocycles. The highest BCUT2D eigenvalue weighted by Gasteiger charge is 2.28. The van der Waals surface area contributed by atoms with Crippen molar-refractivity contribution in [1.82, 2.24) is 0 Å². The van der Waals surface area contributed by atoms with Gasteiger partial charge in [-0.15, -0.1) is 0 Å². The lowest BCUT2D eigenvalue weighted by Crippen LogP contribution is -2.30. The topological polar surface area (TPSA) is 155 Å². The van der Waals surface area contributed by atoms with Crippen LogP contribution in [-0.4, -0.2) is 66.5 Å². The van der Waals surface area contributed by atoms with Crippen molar-refractivity contribution in [2.45, 2.75) is 226 Å². The lowest BCUT2D eigenvalue weighted by molar-refractivity contribution is -0.160. The van der Waals surface area contributed by atoms with E-state index in [1.807, 2.05) is 18.2 Å². The van der Waals surface area contributed by atoms with Gasteiger partial charge in [0.05, 0.1) is 26.2 Å². The molecule has 0 aromatic heterocycles. The fourth-order valence-corrected chi connectivity index (χ4v) is 7.50.